The third kappa shape index (κ3) is 1.56. The van der Waals surface area contributed by atoms with Gasteiger partial charge in [0.15, 0.2) is 0 Å². The zero-order valence-electron chi connectivity index (χ0n) is 11.4. The summed E-state index contributed by atoms with van der Waals surface area (Å²) in [5.74, 6) is -0.205. The Morgan fingerprint density at radius 1 is 0.864 bits per heavy atom. The normalized spacial score (nSPS) is 11.9. The van der Waals surface area contributed by atoms with Crippen LogP contribution in [0.25, 0.3) is 36.9 Å². The Hall–Kier alpha value is -2.17. The number of aromatic nitrogens is 1. The smallest absolute Gasteiger partial charge is 0.123 e. The molecule has 0 aliphatic heterocycles. The van der Waals surface area contributed by atoms with Gasteiger partial charge >= 0.3 is 0 Å². The molecular formula is C18H10FNS2. The summed E-state index contributed by atoms with van der Waals surface area (Å²) in [6, 6.07) is 15.2. The standard InChI is InChI=1S/C18H10FNS2/c19-11-5-7-12(8-6-11)20-15-10-21-9-14(15)18-17(20)13-3-1-2-4-16(13)22-18/h1-10H. The van der Waals surface area contributed by atoms with Gasteiger partial charge in [0.1, 0.15) is 5.82 Å². The first-order valence-electron chi connectivity index (χ1n) is 6.97. The van der Waals surface area contributed by atoms with Crippen LogP contribution in [0.2, 0.25) is 0 Å². The number of halogens is 1. The van der Waals surface area contributed by atoms with Crippen molar-refractivity contribution in [3.05, 3.63) is 65.1 Å². The van der Waals surface area contributed by atoms with Gasteiger partial charge in [-0.15, -0.1) is 22.7 Å². The van der Waals surface area contributed by atoms with E-state index in [1.807, 2.05) is 23.5 Å². The quantitative estimate of drug-likeness (QED) is 0.346. The molecule has 3 heterocycles. The molecule has 0 saturated carbocycles. The SMILES string of the molecule is Fc1ccc(-n2c3cscc3c3sc4ccccc4c32)cc1. The van der Waals surface area contributed by atoms with E-state index in [4.69, 9.17) is 0 Å². The van der Waals surface area contributed by atoms with Gasteiger partial charge in [0, 0.05) is 31.9 Å². The molecule has 5 aromatic rings. The summed E-state index contributed by atoms with van der Waals surface area (Å²) in [5.41, 5.74) is 3.43. The molecule has 0 spiro atoms. The Labute approximate surface area is 133 Å². The van der Waals surface area contributed by atoms with E-state index in [2.05, 4.69) is 39.6 Å². The molecule has 4 heteroatoms. The van der Waals surface area contributed by atoms with Crippen molar-refractivity contribution in [3.63, 3.8) is 0 Å². The molecule has 0 radical (unpaired) electrons. The molecular weight excluding hydrogens is 313 g/mol. The van der Waals surface area contributed by atoms with Gasteiger partial charge in [0.25, 0.3) is 0 Å². The Morgan fingerprint density at radius 3 is 2.55 bits per heavy atom. The maximum Gasteiger partial charge on any atom is 0.123 e. The van der Waals surface area contributed by atoms with Crippen molar-refractivity contribution in [2.24, 2.45) is 0 Å². The Kier molecular flexibility index (Phi) is 2.48. The lowest BCUT2D eigenvalue weighted by Gasteiger charge is -2.06. The first-order chi connectivity index (χ1) is 10.8. The number of fused-ring (bicyclic) bond motifs is 5. The molecule has 0 bridgehead atoms. The highest BCUT2D eigenvalue weighted by Crippen LogP contribution is 2.43. The van der Waals surface area contributed by atoms with Crippen LogP contribution < -0.4 is 0 Å². The summed E-state index contributed by atoms with van der Waals surface area (Å²) < 4.78 is 18.1. The third-order valence-electron chi connectivity index (χ3n) is 4.00. The fourth-order valence-electron chi connectivity index (χ4n) is 3.05. The number of thiophene rings is 2. The van der Waals surface area contributed by atoms with Crippen LogP contribution in [0.5, 0.6) is 0 Å². The van der Waals surface area contributed by atoms with Gasteiger partial charge < -0.3 is 4.57 Å². The Morgan fingerprint density at radius 2 is 1.68 bits per heavy atom. The molecule has 106 valence electrons. The second-order valence-electron chi connectivity index (χ2n) is 5.26. The average Bonchev–Trinajstić information content (AvgIpc) is 3.19. The highest BCUT2D eigenvalue weighted by molar-refractivity contribution is 7.27. The Balaban J connectivity index is 2.02. The number of hydrogen-bond donors (Lipinski definition) is 0. The number of nitrogens with zero attached hydrogens (tertiary/aromatic N) is 1. The highest BCUT2D eigenvalue weighted by atomic mass is 32.1. The summed E-state index contributed by atoms with van der Waals surface area (Å²) in [7, 11) is 0. The molecule has 0 aliphatic carbocycles. The number of hydrogen-bond acceptors (Lipinski definition) is 2. The maximum absolute atomic E-state index is 13.3. The second kappa shape index (κ2) is 4.41. The molecule has 0 N–H and O–H groups in total. The van der Waals surface area contributed by atoms with Crippen molar-refractivity contribution in [3.8, 4) is 5.69 Å². The van der Waals surface area contributed by atoms with Crippen LogP contribution in [-0.2, 0) is 0 Å². The lowest BCUT2D eigenvalue weighted by atomic mass is 10.2. The Bertz CT molecular complexity index is 1130. The minimum atomic E-state index is -0.205. The minimum absolute atomic E-state index is 0.205. The van der Waals surface area contributed by atoms with Gasteiger partial charge in [-0.1, -0.05) is 18.2 Å². The van der Waals surface area contributed by atoms with E-state index in [9.17, 15) is 4.39 Å². The molecule has 3 aromatic heterocycles. The summed E-state index contributed by atoms with van der Waals surface area (Å²) in [4.78, 5) is 0. The van der Waals surface area contributed by atoms with Gasteiger partial charge in [-0.25, -0.2) is 4.39 Å². The molecule has 0 aliphatic rings. The zero-order chi connectivity index (χ0) is 14.7. The van der Waals surface area contributed by atoms with Crippen LogP contribution >= 0.6 is 22.7 Å². The van der Waals surface area contributed by atoms with Crippen LogP contribution in [0.4, 0.5) is 4.39 Å². The lowest BCUT2D eigenvalue weighted by Crippen LogP contribution is -1.92. The van der Waals surface area contributed by atoms with Gasteiger partial charge in [-0.05, 0) is 30.3 Å². The molecule has 22 heavy (non-hydrogen) atoms. The number of rotatable bonds is 1. The van der Waals surface area contributed by atoms with Crippen molar-refractivity contribution in [1.29, 1.82) is 0 Å². The minimum Gasteiger partial charge on any atom is -0.307 e. The third-order valence-corrected chi connectivity index (χ3v) is 5.93. The van der Waals surface area contributed by atoms with Gasteiger partial charge in [0.05, 0.1) is 15.7 Å². The fourth-order valence-corrected chi connectivity index (χ4v) is 5.14. The van der Waals surface area contributed by atoms with Crippen LogP contribution in [-0.4, -0.2) is 4.57 Å². The van der Waals surface area contributed by atoms with Crippen molar-refractivity contribution in [2.45, 2.75) is 0 Å². The molecule has 0 saturated heterocycles. The fraction of sp³-hybridized carbons (Fsp3) is 0. The van der Waals surface area contributed by atoms with E-state index in [0.29, 0.717) is 0 Å². The van der Waals surface area contributed by atoms with Crippen LogP contribution in [0, 0.1) is 5.82 Å². The molecule has 0 atom stereocenters. The van der Waals surface area contributed by atoms with E-state index in [1.165, 1.54) is 43.3 Å². The number of benzene rings is 2. The summed E-state index contributed by atoms with van der Waals surface area (Å²) in [6.45, 7) is 0. The molecule has 2 aromatic carbocycles. The van der Waals surface area contributed by atoms with Gasteiger partial charge in [-0.2, -0.15) is 0 Å². The molecule has 0 fully saturated rings. The maximum atomic E-state index is 13.3. The van der Waals surface area contributed by atoms with Crippen LogP contribution in [0.15, 0.2) is 59.3 Å². The lowest BCUT2D eigenvalue weighted by molar-refractivity contribution is 0.627. The van der Waals surface area contributed by atoms with Crippen molar-refractivity contribution in [2.75, 3.05) is 0 Å². The summed E-state index contributed by atoms with van der Waals surface area (Å²) in [5, 5.41) is 6.91. The summed E-state index contributed by atoms with van der Waals surface area (Å²) in [6.07, 6.45) is 0. The first-order valence-corrected chi connectivity index (χ1v) is 8.72. The predicted octanol–water partition coefficient (Wildman–Crippen LogP) is 6.20. The van der Waals surface area contributed by atoms with E-state index in [-0.39, 0.29) is 5.82 Å². The van der Waals surface area contributed by atoms with Gasteiger partial charge in [-0.3, -0.25) is 0 Å². The zero-order valence-corrected chi connectivity index (χ0v) is 13.0. The van der Waals surface area contributed by atoms with E-state index < -0.39 is 0 Å². The molecule has 1 nitrogen and oxygen atoms in total. The average molecular weight is 323 g/mol. The summed E-state index contributed by atoms with van der Waals surface area (Å²) >= 11 is 3.53. The van der Waals surface area contributed by atoms with Crippen molar-refractivity contribution >= 4 is 53.9 Å². The van der Waals surface area contributed by atoms with Crippen molar-refractivity contribution < 1.29 is 4.39 Å². The molecule has 5 rings (SSSR count). The molecule has 0 amide bonds. The van der Waals surface area contributed by atoms with Crippen molar-refractivity contribution in [1.82, 2.24) is 4.57 Å². The van der Waals surface area contributed by atoms with E-state index >= 15 is 0 Å². The highest BCUT2D eigenvalue weighted by Gasteiger charge is 2.17. The molecule has 0 unspecified atom stereocenters. The predicted molar refractivity (Wildman–Crippen MR) is 94.0 cm³/mol. The largest absolute Gasteiger partial charge is 0.307 e. The van der Waals surface area contributed by atoms with Crippen LogP contribution in [0.1, 0.15) is 0 Å². The van der Waals surface area contributed by atoms with Gasteiger partial charge in [0.2, 0.25) is 0 Å². The topological polar surface area (TPSA) is 4.93 Å². The first kappa shape index (κ1) is 12.4. The van der Waals surface area contributed by atoms with E-state index in [0.717, 1.165) is 5.69 Å². The van der Waals surface area contributed by atoms with Crippen LogP contribution in [0.3, 0.4) is 0 Å². The van der Waals surface area contributed by atoms with E-state index in [1.54, 1.807) is 11.3 Å². The monoisotopic (exact) mass is 323 g/mol. The second-order valence-corrected chi connectivity index (χ2v) is 7.05.